The number of pyridine rings is 1. The first-order chi connectivity index (χ1) is 11.2. The molecule has 8 heteroatoms. The summed E-state index contributed by atoms with van der Waals surface area (Å²) in [5, 5.41) is 8.94. The van der Waals surface area contributed by atoms with Crippen LogP contribution in [0, 0.1) is 0 Å². The smallest absolute Gasteiger partial charge is 0.296 e. The summed E-state index contributed by atoms with van der Waals surface area (Å²) in [6.45, 7) is 2.79. The fourth-order valence-corrected chi connectivity index (χ4v) is 1.94. The van der Waals surface area contributed by atoms with E-state index < -0.39 is 5.91 Å². The number of hydrogen-bond acceptors (Lipinski definition) is 6. The van der Waals surface area contributed by atoms with Gasteiger partial charge in [-0.2, -0.15) is 0 Å². The maximum atomic E-state index is 11.7. The highest BCUT2D eigenvalue weighted by Gasteiger charge is 2.11. The van der Waals surface area contributed by atoms with Gasteiger partial charge < -0.3 is 14.6 Å². The molecule has 2 rings (SSSR count). The minimum Gasteiger partial charge on any atom is -0.478 e. The van der Waals surface area contributed by atoms with Crippen molar-refractivity contribution in [1.82, 2.24) is 15.5 Å². The van der Waals surface area contributed by atoms with E-state index in [4.69, 9.17) is 21.5 Å². The van der Waals surface area contributed by atoms with Crippen LogP contribution < -0.4 is 15.4 Å². The number of nitrogens with one attached hydrogen (secondary N) is 2. The van der Waals surface area contributed by atoms with E-state index in [1.165, 1.54) is 12.3 Å². The number of unbranched alkanes of at least 4 members (excludes halogenated alkanes) is 2. The Hall–Kier alpha value is -2.48. The molecule has 0 saturated heterocycles. The van der Waals surface area contributed by atoms with Gasteiger partial charge in [0.05, 0.1) is 24.7 Å². The van der Waals surface area contributed by atoms with Crippen LogP contribution in [0.25, 0.3) is 0 Å². The quantitative estimate of drug-likeness (QED) is 0.594. The lowest BCUT2D eigenvalue weighted by Gasteiger charge is -2.09. The summed E-state index contributed by atoms with van der Waals surface area (Å²) < 4.78 is 10.3. The van der Waals surface area contributed by atoms with Crippen LogP contribution in [0.3, 0.4) is 0 Å². The number of anilines is 1. The molecule has 0 atom stereocenters. The molecule has 0 fully saturated rings. The highest BCUT2D eigenvalue weighted by molar-refractivity contribution is 7.80. The van der Waals surface area contributed by atoms with E-state index in [1.54, 1.807) is 18.3 Å². The van der Waals surface area contributed by atoms with Gasteiger partial charge in [0.15, 0.2) is 5.11 Å². The normalized spacial score (nSPS) is 10.1. The highest BCUT2D eigenvalue weighted by atomic mass is 32.1. The molecule has 2 heterocycles. The van der Waals surface area contributed by atoms with Crippen LogP contribution in [-0.2, 0) is 0 Å². The Morgan fingerprint density at radius 2 is 2.22 bits per heavy atom. The van der Waals surface area contributed by atoms with Crippen molar-refractivity contribution >= 4 is 28.9 Å². The van der Waals surface area contributed by atoms with E-state index in [2.05, 4.69) is 27.7 Å². The molecule has 0 spiro atoms. The van der Waals surface area contributed by atoms with Crippen LogP contribution in [0.1, 0.15) is 36.7 Å². The van der Waals surface area contributed by atoms with Crippen molar-refractivity contribution in [1.29, 1.82) is 0 Å². The molecular weight excluding hydrogens is 316 g/mol. The van der Waals surface area contributed by atoms with Crippen molar-refractivity contribution < 1.29 is 14.1 Å². The molecule has 0 aliphatic carbocycles. The lowest BCUT2D eigenvalue weighted by molar-refractivity contribution is 0.0941. The van der Waals surface area contributed by atoms with Crippen molar-refractivity contribution in [3.05, 3.63) is 36.4 Å². The number of rotatable bonds is 7. The summed E-state index contributed by atoms with van der Waals surface area (Å²) in [5.41, 5.74) is 0.647. The second-order valence-electron chi connectivity index (χ2n) is 4.73. The summed E-state index contributed by atoms with van der Waals surface area (Å²) >= 11 is 5.05. The second kappa shape index (κ2) is 8.84. The first kappa shape index (κ1) is 16.9. The fourth-order valence-electron chi connectivity index (χ4n) is 1.73. The van der Waals surface area contributed by atoms with Gasteiger partial charge in [-0.15, -0.1) is 0 Å². The molecule has 0 radical (unpaired) electrons. The molecule has 0 saturated carbocycles. The minimum absolute atomic E-state index is 0.0862. The van der Waals surface area contributed by atoms with E-state index in [0.29, 0.717) is 18.2 Å². The third-order valence-electron chi connectivity index (χ3n) is 2.88. The molecule has 0 aliphatic heterocycles. The van der Waals surface area contributed by atoms with Gasteiger partial charge in [0.2, 0.25) is 11.6 Å². The third-order valence-corrected chi connectivity index (χ3v) is 3.08. The number of ether oxygens (including phenoxy) is 1. The van der Waals surface area contributed by atoms with E-state index in [-0.39, 0.29) is 10.9 Å². The molecule has 0 unspecified atom stereocenters. The lowest BCUT2D eigenvalue weighted by atomic mass is 10.3. The number of carbonyl (C=O) groups excluding carboxylic acids is 1. The Morgan fingerprint density at radius 3 is 2.87 bits per heavy atom. The highest BCUT2D eigenvalue weighted by Crippen LogP contribution is 2.12. The third kappa shape index (κ3) is 5.67. The molecule has 2 aromatic rings. The SMILES string of the molecule is CCCCCOc1ccc(NC(=S)NC(=O)c2ccno2)cn1. The van der Waals surface area contributed by atoms with Crippen LogP contribution in [0.4, 0.5) is 5.69 Å². The van der Waals surface area contributed by atoms with Crippen LogP contribution in [0.15, 0.2) is 35.1 Å². The summed E-state index contributed by atoms with van der Waals surface area (Å²) in [4.78, 5) is 15.9. The van der Waals surface area contributed by atoms with Crippen molar-refractivity contribution in [2.45, 2.75) is 26.2 Å². The average Bonchev–Trinajstić information content (AvgIpc) is 3.07. The number of hydrogen-bond donors (Lipinski definition) is 2. The number of aromatic nitrogens is 2. The van der Waals surface area contributed by atoms with Crippen molar-refractivity contribution in [2.24, 2.45) is 0 Å². The van der Waals surface area contributed by atoms with Crippen molar-refractivity contribution in [3.63, 3.8) is 0 Å². The molecule has 2 N–H and O–H groups in total. The van der Waals surface area contributed by atoms with Gasteiger partial charge in [-0.3, -0.25) is 10.1 Å². The molecule has 1 amide bonds. The van der Waals surface area contributed by atoms with E-state index in [0.717, 1.165) is 19.3 Å². The van der Waals surface area contributed by atoms with E-state index in [9.17, 15) is 4.79 Å². The topological polar surface area (TPSA) is 89.3 Å². The van der Waals surface area contributed by atoms with Crippen LogP contribution in [0.2, 0.25) is 0 Å². The van der Waals surface area contributed by atoms with E-state index in [1.807, 2.05) is 0 Å². The zero-order chi connectivity index (χ0) is 16.5. The molecular formula is C15H18N4O3S. The summed E-state index contributed by atoms with van der Waals surface area (Å²) in [6.07, 6.45) is 6.27. The molecule has 7 nitrogen and oxygen atoms in total. The first-order valence-electron chi connectivity index (χ1n) is 7.31. The van der Waals surface area contributed by atoms with Crippen LogP contribution in [-0.4, -0.2) is 27.8 Å². The second-order valence-corrected chi connectivity index (χ2v) is 5.13. The van der Waals surface area contributed by atoms with Gasteiger partial charge in [-0.1, -0.05) is 24.9 Å². The lowest BCUT2D eigenvalue weighted by Crippen LogP contribution is -2.33. The zero-order valence-electron chi connectivity index (χ0n) is 12.7. The first-order valence-corrected chi connectivity index (χ1v) is 7.71. The number of amides is 1. The molecule has 0 bridgehead atoms. The van der Waals surface area contributed by atoms with Crippen molar-refractivity contribution in [3.8, 4) is 5.88 Å². The standard InChI is InChI=1S/C15H18N4O3S/c1-2-3-4-9-21-13-6-5-11(10-16-13)18-15(23)19-14(20)12-7-8-17-22-12/h5-8,10H,2-4,9H2,1H3,(H2,18,19,20,23). The van der Waals surface area contributed by atoms with Crippen LogP contribution in [0.5, 0.6) is 5.88 Å². The van der Waals surface area contributed by atoms with Gasteiger partial charge in [-0.05, 0) is 24.7 Å². The van der Waals surface area contributed by atoms with Crippen LogP contribution >= 0.6 is 12.2 Å². The zero-order valence-corrected chi connectivity index (χ0v) is 13.6. The van der Waals surface area contributed by atoms with Gasteiger partial charge in [0, 0.05) is 12.1 Å². The Labute approximate surface area is 139 Å². The van der Waals surface area contributed by atoms with Gasteiger partial charge in [0.1, 0.15) is 0 Å². The number of thiocarbonyl (C=S) groups is 1. The minimum atomic E-state index is -0.469. The Balaban J connectivity index is 1.78. The number of nitrogens with zero attached hydrogens (tertiary/aromatic N) is 2. The number of carbonyl (C=O) groups is 1. The summed E-state index contributed by atoms with van der Waals surface area (Å²) in [5.74, 6) is 0.176. The van der Waals surface area contributed by atoms with Gasteiger partial charge in [-0.25, -0.2) is 4.98 Å². The molecule has 23 heavy (non-hydrogen) atoms. The average molecular weight is 334 g/mol. The van der Waals surface area contributed by atoms with Gasteiger partial charge in [0.25, 0.3) is 5.91 Å². The maximum Gasteiger partial charge on any atom is 0.296 e. The maximum absolute atomic E-state index is 11.7. The molecule has 2 aromatic heterocycles. The Morgan fingerprint density at radius 1 is 1.35 bits per heavy atom. The van der Waals surface area contributed by atoms with Gasteiger partial charge >= 0.3 is 0 Å². The predicted octanol–water partition coefficient (Wildman–Crippen LogP) is 2.77. The monoisotopic (exact) mass is 334 g/mol. The largest absolute Gasteiger partial charge is 0.478 e. The Bertz CT molecular complexity index is 629. The van der Waals surface area contributed by atoms with Crippen molar-refractivity contribution in [2.75, 3.05) is 11.9 Å². The predicted molar refractivity (Wildman–Crippen MR) is 89.4 cm³/mol. The Kier molecular flexibility index (Phi) is 6.49. The fraction of sp³-hybridized carbons (Fsp3) is 0.333. The summed E-state index contributed by atoms with van der Waals surface area (Å²) in [6, 6.07) is 4.97. The summed E-state index contributed by atoms with van der Waals surface area (Å²) in [7, 11) is 0. The molecule has 0 aliphatic rings. The molecule has 0 aromatic carbocycles. The van der Waals surface area contributed by atoms with E-state index >= 15 is 0 Å². The molecule has 122 valence electrons.